The van der Waals surface area contributed by atoms with Gasteiger partial charge in [0.25, 0.3) is 5.91 Å². The topological polar surface area (TPSA) is 65.0 Å². The van der Waals surface area contributed by atoms with Gasteiger partial charge in [-0.1, -0.05) is 0 Å². The van der Waals surface area contributed by atoms with Crippen LogP contribution in [0.1, 0.15) is 47.2 Å². The third-order valence-electron chi connectivity index (χ3n) is 6.71. The number of ether oxygens (including phenoxy) is 1. The van der Waals surface area contributed by atoms with Gasteiger partial charge in [0, 0.05) is 56.0 Å². The molecule has 2 saturated heterocycles. The Morgan fingerprint density at radius 3 is 2.78 bits per heavy atom. The number of benzene rings is 1. The highest BCUT2D eigenvalue weighted by Crippen LogP contribution is 2.42. The summed E-state index contributed by atoms with van der Waals surface area (Å²) in [6, 6.07) is 4.14. The summed E-state index contributed by atoms with van der Waals surface area (Å²) in [7, 11) is 0. The molecular weight excluding hydrogens is 349 g/mol. The van der Waals surface area contributed by atoms with Gasteiger partial charge in [-0.05, 0) is 49.8 Å². The average Bonchev–Trinajstić information content (AvgIpc) is 3.50. The van der Waals surface area contributed by atoms with Crippen LogP contribution in [0.4, 0.5) is 4.39 Å². The number of fused-ring (bicyclic) bond motifs is 1. The number of halogens is 1. The Balaban J connectivity index is 1.28. The van der Waals surface area contributed by atoms with E-state index in [1.54, 1.807) is 11.5 Å². The lowest BCUT2D eigenvalue weighted by Crippen LogP contribution is -2.67. The molecule has 146 valence electrons. The van der Waals surface area contributed by atoms with Gasteiger partial charge in [-0.15, -0.1) is 0 Å². The second-order valence-corrected chi connectivity index (χ2v) is 8.57. The lowest BCUT2D eigenvalue weighted by molar-refractivity contribution is -0.185. The van der Waals surface area contributed by atoms with Crippen molar-refractivity contribution in [1.29, 1.82) is 0 Å². The van der Waals surface area contributed by atoms with Gasteiger partial charge in [0.2, 0.25) is 0 Å². The summed E-state index contributed by atoms with van der Waals surface area (Å²) in [5.41, 5.74) is 3.31. The molecular formula is C20H26FN3O3. The Labute approximate surface area is 158 Å². The van der Waals surface area contributed by atoms with Crippen molar-refractivity contribution in [2.45, 2.75) is 56.3 Å². The van der Waals surface area contributed by atoms with Crippen LogP contribution in [0.2, 0.25) is 0 Å². The molecule has 0 bridgehead atoms. The number of nitrogens with one attached hydrogen (secondary N) is 1. The zero-order chi connectivity index (χ0) is 18.6. The smallest absolute Gasteiger partial charge is 0.274 e. The molecule has 0 radical (unpaired) electrons. The molecule has 3 heterocycles. The van der Waals surface area contributed by atoms with Gasteiger partial charge in [0.1, 0.15) is 5.82 Å². The number of hydrogen-bond acceptors (Lipinski definition) is 5. The molecule has 27 heavy (non-hydrogen) atoms. The van der Waals surface area contributed by atoms with Gasteiger partial charge < -0.3 is 4.74 Å². The van der Waals surface area contributed by atoms with Crippen LogP contribution in [0, 0.1) is 5.82 Å². The van der Waals surface area contributed by atoms with Crippen molar-refractivity contribution in [3.05, 3.63) is 34.6 Å². The van der Waals surface area contributed by atoms with Gasteiger partial charge in [0.05, 0.1) is 5.60 Å². The van der Waals surface area contributed by atoms with Crippen molar-refractivity contribution in [2.24, 2.45) is 0 Å². The Morgan fingerprint density at radius 1 is 1.22 bits per heavy atom. The van der Waals surface area contributed by atoms with Gasteiger partial charge >= 0.3 is 0 Å². The largest absolute Gasteiger partial charge is 0.372 e. The maximum absolute atomic E-state index is 14.6. The highest BCUT2D eigenvalue weighted by Gasteiger charge is 2.52. The maximum atomic E-state index is 14.6. The molecule has 4 aliphatic rings. The predicted octanol–water partition coefficient (Wildman–Crippen LogP) is 1.70. The van der Waals surface area contributed by atoms with Crippen molar-refractivity contribution in [3.8, 4) is 0 Å². The second kappa shape index (κ2) is 6.51. The van der Waals surface area contributed by atoms with E-state index in [1.807, 2.05) is 0 Å². The van der Waals surface area contributed by atoms with Crippen LogP contribution < -0.4 is 5.48 Å². The normalized spacial score (nSPS) is 27.9. The summed E-state index contributed by atoms with van der Waals surface area (Å²) < 4.78 is 20.8. The van der Waals surface area contributed by atoms with Crippen LogP contribution >= 0.6 is 0 Å². The highest BCUT2D eigenvalue weighted by molar-refractivity contribution is 5.93. The number of hydroxylamine groups is 1. The lowest BCUT2D eigenvalue weighted by Gasteiger charge is -2.55. The quantitative estimate of drug-likeness (QED) is 0.622. The first-order valence-corrected chi connectivity index (χ1v) is 9.95. The number of nitrogens with zero attached hydrogens (tertiary/aromatic N) is 2. The van der Waals surface area contributed by atoms with Gasteiger partial charge in [-0.25, -0.2) is 9.87 Å². The molecule has 6 nitrogen and oxygen atoms in total. The number of likely N-dealkylation sites (tertiary alicyclic amines) is 1. The molecule has 1 aromatic rings. The Bertz CT molecular complexity index is 761. The Morgan fingerprint density at radius 2 is 2.04 bits per heavy atom. The lowest BCUT2D eigenvalue weighted by atomic mass is 9.82. The van der Waals surface area contributed by atoms with Crippen molar-refractivity contribution < 1.29 is 19.1 Å². The van der Waals surface area contributed by atoms with Crippen LogP contribution in [0.25, 0.3) is 0 Å². The number of carbonyl (C=O) groups is 1. The minimum absolute atomic E-state index is 0.00734. The summed E-state index contributed by atoms with van der Waals surface area (Å²) in [6.45, 7) is 4.32. The molecule has 1 amide bonds. The molecule has 0 unspecified atom stereocenters. The van der Waals surface area contributed by atoms with Crippen molar-refractivity contribution in [2.75, 3.05) is 26.2 Å². The van der Waals surface area contributed by atoms with Crippen molar-refractivity contribution in [3.63, 3.8) is 0 Å². The van der Waals surface area contributed by atoms with E-state index in [2.05, 4.69) is 9.80 Å². The third-order valence-corrected chi connectivity index (χ3v) is 6.71. The molecule has 5 rings (SSSR count). The molecule has 1 aliphatic carbocycles. The fourth-order valence-corrected chi connectivity index (χ4v) is 5.07. The van der Waals surface area contributed by atoms with Crippen molar-refractivity contribution >= 4 is 5.91 Å². The van der Waals surface area contributed by atoms with E-state index >= 15 is 0 Å². The SMILES string of the molecule is O=C(NO)c1cc(F)c2c(c1)CCN([C@@H]1CCOC3(C1)CN(C1CC1)C3)C2. The number of amides is 1. The van der Waals surface area contributed by atoms with Crippen LogP contribution in [0.15, 0.2) is 12.1 Å². The van der Waals surface area contributed by atoms with E-state index in [9.17, 15) is 9.18 Å². The molecule has 3 fully saturated rings. The van der Waals surface area contributed by atoms with Gasteiger partial charge in [-0.3, -0.25) is 19.8 Å². The minimum atomic E-state index is -0.671. The number of hydrogen-bond donors (Lipinski definition) is 2. The first-order valence-electron chi connectivity index (χ1n) is 9.95. The van der Waals surface area contributed by atoms with E-state index < -0.39 is 5.91 Å². The standard InChI is InChI=1S/C20H26FN3O3/c21-18-8-14(19(25)22-26)7-13-3-5-23(10-17(13)18)16-4-6-27-20(9-16)11-24(12-20)15-1-2-15/h7-8,15-16,26H,1-6,9-12H2,(H,22,25)/t16-/m1/s1. The summed E-state index contributed by atoms with van der Waals surface area (Å²) in [5.74, 6) is -1.03. The fraction of sp³-hybridized carbons (Fsp3) is 0.650. The number of carbonyl (C=O) groups excluding carboxylic acids is 1. The molecule has 2 N–H and O–H groups in total. The molecule has 1 atom stereocenters. The number of rotatable bonds is 3. The molecule has 1 spiro atoms. The summed E-state index contributed by atoms with van der Waals surface area (Å²) in [4.78, 5) is 16.5. The predicted molar refractivity (Wildman–Crippen MR) is 96.1 cm³/mol. The molecule has 3 aliphatic heterocycles. The summed E-state index contributed by atoms with van der Waals surface area (Å²) in [6.07, 6.45) is 5.40. The Kier molecular flexibility index (Phi) is 4.23. The van der Waals surface area contributed by atoms with Crippen LogP contribution in [0.5, 0.6) is 0 Å². The van der Waals surface area contributed by atoms with E-state index in [-0.39, 0.29) is 17.0 Å². The Hall–Kier alpha value is -1.54. The summed E-state index contributed by atoms with van der Waals surface area (Å²) >= 11 is 0. The monoisotopic (exact) mass is 375 g/mol. The van der Waals surface area contributed by atoms with Crippen molar-refractivity contribution in [1.82, 2.24) is 15.3 Å². The van der Waals surface area contributed by atoms with E-state index in [1.165, 1.54) is 18.9 Å². The fourth-order valence-electron chi connectivity index (χ4n) is 5.07. The highest BCUT2D eigenvalue weighted by atomic mass is 19.1. The zero-order valence-electron chi connectivity index (χ0n) is 15.4. The molecule has 1 saturated carbocycles. The summed E-state index contributed by atoms with van der Waals surface area (Å²) in [5, 5.41) is 8.78. The van der Waals surface area contributed by atoms with E-state index in [0.717, 1.165) is 57.1 Å². The van der Waals surface area contributed by atoms with E-state index in [4.69, 9.17) is 9.94 Å². The minimum Gasteiger partial charge on any atom is -0.372 e. The van der Waals surface area contributed by atoms with Crippen LogP contribution in [0.3, 0.4) is 0 Å². The van der Waals surface area contributed by atoms with Crippen LogP contribution in [-0.2, 0) is 17.7 Å². The first-order chi connectivity index (χ1) is 13.1. The van der Waals surface area contributed by atoms with Gasteiger partial charge in [0.15, 0.2) is 0 Å². The second-order valence-electron chi connectivity index (χ2n) is 8.57. The van der Waals surface area contributed by atoms with Gasteiger partial charge in [-0.2, -0.15) is 0 Å². The average molecular weight is 375 g/mol. The molecule has 7 heteroatoms. The van der Waals surface area contributed by atoms with E-state index in [0.29, 0.717) is 18.2 Å². The molecule has 0 aromatic heterocycles. The third kappa shape index (κ3) is 3.16. The first kappa shape index (κ1) is 17.6. The molecule has 1 aromatic carbocycles. The zero-order valence-corrected chi connectivity index (χ0v) is 15.4. The van der Waals surface area contributed by atoms with Crippen LogP contribution in [-0.4, -0.2) is 64.8 Å². The maximum Gasteiger partial charge on any atom is 0.274 e.